The molecule has 0 saturated carbocycles. The summed E-state index contributed by atoms with van der Waals surface area (Å²) in [6.07, 6.45) is 0. The van der Waals surface area contributed by atoms with Gasteiger partial charge in [0.2, 0.25) is 0 Å². The van der Waals surface area contributed by atoms with Crippen molar-refractivity contribution in [3.8, 4) is 11.3 Å². The van der Waals surface area contributed by atoms with Crippen LogP contribution in [-0.2, 0) is 6.54 Å². The molecule has 0 aliphatic rings. The average molecular weight is 449 g/mol. The molecule has 0 spiro atoms. The molecule has 0 radical (unpaired) electrons. The van der Waals surface area contributed by atoms with E-state index < -0.39 is 5.91 Å². The maximum Gasteiger partial charge on any atom is 0.293 e. The molecule has 2 N–H and O–H groups in total. The zero-order chi connectivity index (χ0) is 19.4. The highest BCUT2D eigenvalue weighted by Crippen LogP contribution is 2.23. The van der Waals surface area contributed by atoms with E-state index >= 15 is 0 Å². The van der Waals surface area contributed by atoms with E-state index in [0.29, 0.717) is 18.2 Å². The fourth-order valence-corrected chi connectivity index (χ4v) is 2.67. The fourth-order valence-electron chi connectivity index (χ4n) is 2.22. The highest BCUT2D eigenvalue weighted by atomic mass is 79.9. The van der Waals surface area contributed by atoms with Crippen molar-refractivity contribution in [2.75, 3.05) is 5.32 Å². The molecule has 2 heterocycles. The number of nitrogens with one attached hydrogen (secondary N) is 2. The monoisotopic (exact) mass is 448 g/mol. The van der Waals surface area contributed by atoms with Gasteiger partial charge >= 0.3 is 0 Å². The molecule has 0 fully saturated rings. The Morgan fingerprint density at radius 1 is 1.26 bits per heavy atom. The number of tetrazole rings is 1. The van der Waals surface area contributed by atoms with E-state index in [1.165, 1.54) is 4.80 Å². The maximum atomic E-state index is 12.3. The topological polar surface area (TPSA) is 97.9 Å². The summed E-state index contributed by atoms with van der Waals surface area (Å²) in [5, 5.41) is 17.2. The van der Waals surface area contributed by atoms with Crippen molar-refractivity contribution in [2.24, 2.45) is 5.92 Å². The summed E-state index contributed by atoms with van der Waals surface area (Å²) in [6.45, 7) is 4.74. The van der Waals surface area contributed by atoms with Crippen LogP contribution in [0.4, 0.5) is 5.95 Å². The smallest absolute Gasteiger partial charge is 0.293 e. The zero-order valence-electron chi connectivity index (χ0n) is 14.6. The van der Waals surface area contributed by atoms with Crippen molar-refractivity contribution in [3.63, 3.8) is 0 Å². The standard InChI is InChI=1S/C17H17BrN6O2S/c1-10(2)9-24-22-16(21-23-24)20-17(27)19-15(25)14-8-7-13(26-14)11-3-5-12(18)6-4-11/h3-8,10H,9H2,1-2H3,(H2,19,20,22,25,27). The first-order chi connectivity index (χ1) is 12.9. The van der Waals surface area contributed by atoms with E-state index in [9.17, 15) is 4.79 Å². The van der Waals surface area contributed by atoms with Gasteiger partial charge in [-0.1, -0.05) is 47.0 Å². The molecular formula is C17H17BrN6O2S. The molecule has 10 heteroatoms. The van der Waals surface area contributed by atoms with Crippen molar-refractivity contribution < 1.29 is 9.21 Å². The highest BCUT2D eigenvalue weighted by Gasteiger charge is 2.15. The number of benzene rings is 1. The number of furan rings is 1. The number of amides is 1. The van der Waals surface area contributed by atoms with E-state index in [2.05, 4.69) is 42.0 Å². The Morgan fingerprint density at radius 2 is 2.00 bits per heavy atom. The molecule has 1 amide bonds. The molecule has 0 atom stereocenters. The van der Waals surface area contributed by atoms with Gasteiger partial charge in [-0.05, 0) is 47.6 Å². The molecule has 0 bridgehead atoms. The lowest BCUT2D eigenvalue weighted by Crippen LogP contribution is -2.34. The van der Waals surface area contributed by atoms with E-state index in [4.69, 9.17) is 16.6 Å². The Kier molecular flexibility index (Phi) is 5.97. The molecule has 27 heavy (non-hydrogen) atoms. The van der Waals surface area contributed by atoms with Crippen molar-refractivity contribution in [3.05, 3.63) is 46.6 Å². The van der Waals surface area contributed by atoms with Gasteiger partial charge in [-0.2, -0.15) is 4.80 Å². The quantitative estimate of drug-likeness (QED) is 0.576. The first-order valence-corrected chi connectivity index (χ1v) is 9.37. The van der Waals surface area contributed by atoms with E-state index in [1.54, 1.807) is 12.1 Å². The van der Waals surface area contributed by atoms with Gasteiger partial charge in [0.1, 0.15) is 5.76 Å². The molecule has 0 unspecified atom stereocenters. The number of anilines is 1. The van der Waals surface area contributed by atoms with Crippen LogP contribution in [0.25, 0.3) is 11.3 Å². The van der Waals surface area contributed by atoms with Crippen molar-refractivity contribution >= 4 is 45.1 Å². The van der Waals surface area contributed by atoms with Crippen LogP contribution in [0, 0.1) is 5.92 Å². The normalized spacial score (nSPS) is 10.8. The lowest BCUT2D eigenvalue weighted by atomic mass is 10.2. The minimum Gasteiger partial charge on any atom is -0.451 e. The minimum atomic E-state index is -0.467. The molecular weight excluding hydrogens is 432 g/mol. The fraction of sp³-hybridized carbons (Fsp3) is 0.235. The number of halogens is 1. The SMILES string of the molecule is CC(C)Cn1nnc(NC(=S)NC(=O)c2ccc(-c3ccc(Br)cc3)o2)n1. The van der Waals surface area contributed by atoms with Gasteiger partial charge in [-0.25, -0.2) is 0 Å². The van der Waals surface area contributed by atoms with E-state index in [0.717, 1.165) is 10.0 Å². The van der Waals surface area contributed by atoms with Crippen molar-refractivity contribution in [1.29, 1.82) is 0 Å². The Hall–Kier alpha value is -2.59. The Morgan fingerprint density at radius 3 is 2.70 bits per heavy atom. The van der Waals surface area contributed by atoms with E-state index in [1.807, 2.05) is 38.1 Å². The average Bonchev–Trinajstić information content (AvgIpc) is 3.25. The van der Waals surface area contributed by atoms with Crippen LogP contribution in [0.5, 0.6) is 0 Å². The number of hydrogen-bond acceptors (Lipinski definition) is 6. The number of carbonyl (C=O) groups excluding carboxylic acids is 1. The van der Waals surface area contributed by atoms with Crippen LogP contribution < -0.4 is 10.6 Å². The third kappa shape index (κ3) is 5.20. The molecule has 0 aliphatic heterocycles. The first-order valence-electron chi connectivity index (χ1n) is 8.16. The van der Waals surface area contributed by atoms with Crippen molar-refractivity contribution in [1.82, 2.24) is 25.5 Å². The van der Waals surface area contributed by atoms with Crippen LogP contribution in [0.2, 0.25) is 0 Å². The summed E-state index contributed by atoms with van der Waals surface area (Å²) in [4.78, 5) is 13.8. The molecule has 0 saturated heterocycles. The number of rotatable bonds is 5. The summed E-state index contributed by atoms with van der Waals surface area (Å²) < 4.78 is 6.57. The van der Waals surface area contributed by atoms with Crippen LogP contribution in [-0.4, -0.2) is 31.2 Å². The first kappa shape index (κ1) is 19.2. The van der Waals surface area contributed by atoms with E-state index in [-0.39, 0.29) is 16.8 Å². The largest absolute Gasteiger partial charge is 0.451 e. The van der Waals surface area contributed by atoms with Crippen LogP contribution >= 0.6 is 28.1 Å². The molecule has 0 aliphatic carbocycles. The summed E-state index contributed by atoms with van der Waals surface area (Å²) in [5.74, 6) is 0.872. The van der Waals surface area contributed by atoms with Gasteiger partial charge in [0.15, 0.2) is 10.9 Å². The Labute approximate surface area is 169 Å². The number of thiocarbonyl (C=S) groups is 1. The molecule has 3 rings (SSSR count). The van der Waals surface area contributed by atoms with Gasteiger partial charge in [0.05, 0.1) is 6.54 Å². The second-order valence-corrected chi connectivity index (χ2v) is 7.46. The zero-order valence-corrected chi connectivity index (χ0v) is 17.0. The number of nitrogens with zero attached hydrogens (tertiary/aromatic N) is 4. The predicted octanol–water partition coefficient (Wildman–Crippen LogP) is 3.48. The van der Waals surface area contributed by atoms with Crippen molar-refractivity contribution in [2.45, 2.75) is 20.4 Å². The van der Waals surface area contributed by atoms with Crippen LogP contribution in [0.1, 0.15) is 24.4 Å². The third-order valence-electron chi connectivity index (χ3n) is 3.39. The number of carbonyl (C=O) groups is 1. The van der Waals surface area contributed by atoms with Gasteiger partial charge in [0.25, 0.3) is 11.9 Å². The summed E-state index contributed by atoms with van der Waals surface area (Å²) >= 11 is 8.50. The highest BCUT2D eigenvalue weighted by molar-refractivity contribution is 9.10. The van der Waals surface area contributed by atoms with Crippen LogP contribution in [0.3, 0.4) is 0 Å². The predicted molar refractivity (Wildman–Crippen MR) is 108 cm³/mol. The Balaban J connectivity index is 1.59. The minimum absolute atomic E-state index is 0.0608. The summed E-state index contributed by atoms with van der Waals surface area (Å²) in [6, 6.07) is 10.9. The maximum absolute atomic E-state index is 12.3. The second-order valence-electron chi connectivity index (χ2n) is 6.14. The molecule has 1 aromatic carbocycles. The summed E-state index contributed by atoms with van der Waals surface area (Å²) in [5.41, 5.74) is 0.865. The Bertz CT molecular complexity index is 951. The molecule has 8 nitrogen and oxygen atoms in total. The van der Waals surface area contributed by atoms with Gasteiger partial charge in [-0.3, -0.25) is 15.4 Å². The number of hydrogen-bond donors (Lipinski definition) is 2. The number of aromatic nitrogens is 4. The molecule has 3 aromatic rings. The van der Waals surface area contributed by atoms with Gasteiger partial charge in [0, 0.05) is 10.0 Å². The molecule has 140 valence electrons. The van der Waals surface area contributed by atoms with Gasteiger partial charge in [-0.15, -0.1) is 5.10 Å². The third-order valence-corrected chi connectivity index (χ3v) is 4.13. The van der Waals surface area contributed by atoms with Gasteiger partial charge < -0.3 is 4.42 Å². The summed E-state index contributed by atoms with van der Waals surface area (Å²) in [7, 11) is 0. The van der Waals surface area contributed by atoms with Crippen LogP contribution in [0.15, 0.2) is 45.3 Å². The molecule has 2 aromatic heterocycles. The second kappa shape index (κ2) is 8.40. The lowest BCUT2D eigenvalue weighted by molar-refractivity contribution is 0.0951. The lowest BCUT2D eigenvalue weighted by Gasteiger charge is -2.05.